The summed E-state index contributed by atoms with van der Waals surface area (Å²) in [6.45, 7) is 4.28. The van der Waals surface area contributed by atoms with Crippen LogP contribution in [0.1, 0.15) is 34.0 Å². The molecule has 0 saturated heterocycles. The van der Waals surface area contributed by atoms with Gasteiger partial charge in [0, 0.05) is 34.1 Å². The minimum Gasteiger partial charge on any atom is -0.313 e. The van der Waals surface area contributed by atoms with Crippen molar-refractivity contribution in [2.24, 2.45) is 0 Å². The van der Waals surface area contributed by atoms with Crippen molar-refractivity contribution in [3.63, 3.8) is 0 Å². The van der Waals surface area contributed by atoms with Crippen LogP contribution in [0.2, 0.25) is 0 Å². The Morgan fingerprint density at radius 1 is 1.28 bits per heavy atom. The highest BCUT2D eigenvalue weighted by molar-refractivity contribution is 7.11. The zero-order valence-electron chi connectivity index (χ0n) is 11.2. The molecule has 0 fully saturated rings. The maximum Gasteiger partial charge on any atom is 0.0420 e. The monoisotopic (exact) mass is 260 g/mol. The van der Waals surface area contributed by atoms with E-state index in [0.29, 0.717) is 6.04 Å². The Kier molecular flexibility index (Phi) is 4.50. The van der Waals surface area contributed by atoms with Gasteiger partial charge in [-0.2, -0.15) is 0 Å². The molecule has 0 saturated carbocycles. The fraction of sp³-hybridized carbons (Fsp3) is 0.400. The minimum absolute atomic E-state index is 0.349. The molecule has 2 aromatic rings. The van der Waals surface area contributed by atoms with Crippen LogP contribution < -0.4 is 5.32 Å². The van der Waals surface area contributed by atoms with Crippen molar-refractivity contribution >= 4 is 11.3 Å². The van der Waals surface area contributed by atoms with Gasteiger partial charge in [-0.05, 0) is 44.2 Å². The molecule has 0 spiro atoms. The van der Waals surface area contributed by atoms with Crippen LogP contribution >= 0.6 is 11.3 Å². The van der Waals surface area contributed by atoms with Gasteiger partial charge in [-0.15, -0.1) is 11.3 Å². The van der Waals surface area contributed by atoms with E-state index < -0.39 is 0 Å². The van der Waals surface area contributed by atoms with Crippen molar-refractivity contribution in [3.05, 3.63) is 51.5 Å². The average molecular weight is 260 g/mol. The topological polar surface area (TPSA) is 24.9 Å². The second-order valence-electron chi connectivity index (χ2n) is 4.44. The molecule has 2 heterocycles. The third kappa shape index (κ3) is 2.98. The maximum atomic E-state index is 4.37. The first kappa shape index (κ1) is 13.2. The quantitative estimate of drug-likeness (QED) is 0.889. The van der Waals surface area contributed by atoms with Gasteiger partial charge in [0.05, 0.1) is 0 Å². The van der Waals surface area contributed by atoms with Crippen LogP contribution in [0.15, 0.2) is 30.5 Å². The Morgan fingerprint density at radius 2 is 2.06 bits per heavy atom. The van der Waals surface area contributed by atoms with Gasteiger partial charge in [-0.3, -0.25) is 4.98 Å². The van der Waals surface area contributed by atoms with Crippen molar-refractivity contribution in [1.82, 2.24) is 10.3 Å². The zero-order valence-corrected chi connectivity index (χ0v) is 12.1. The SMILES string of the molecule is CCc1ccc(CC(NC)c2cccnc2C)s1. The summed E-state index contributed by atoms with van der Waals surface area (Å²) in [5.41, 5.74) is 2.41. The highest BCUT2D eigenvalue weighted by Gasteiger charge is 2.13. The minimum atomic E-state index is 0.349. The lowest BCUT2D eigenvalue weighted by atomic mass is 10.0. The lowest BCUT2D eigenvalue weighted by Crippen LogP contribution is -2.19. The summed E-state index contributed by atoms with van der Waals surface area (Å²) in [5.74, 6) is 0. The number of pyridine rings is 1. The Bertz CT molecular complexity index is 505. The summed E-state index contributed by atoms with van der Waals surface area (Å²) in [6.07, 6.45) is 4.01. The number of hydrogen-bond donors (Lipinski definition) is 1. The fourth-order valence-corrected chi connectivity index (χ4v) is 3.16. The van der Waals surface area contributed by atoms with Crippen molar-refractivity contribution in [2.75, 3.05) is 7.05 Å². The highest BCUT2D eigenvalue weighted by atomic mass is 32.1. The molecule has 0 aliphatic heterocycles. The van der Waals surface area contributed by atoms with Crippen LogP contribution in [0.3, 0.4) is 0 Å². The molecule has 18 heavy (non-hydrogen) atoms. The average Bonchev–Trinajstić information content (AvgIpc) is 2.85. The van der Waals surface area contributed by atoms with E-state index in [-0.39, 0.29) is 0 Å². The van der Waals surface area contributed by atoms with Gasteiger partial charge >= 0.3 is 0 Å². The van der Waals surface area contributed by atoms with Gasteiger partial charge in [0.25, 0.3) is 0 Å². The summed E-state index contributed by atoms with van der Waals surface area (Å²) in [4.78, 5) is 7.27. The largest absolute Gasteiger partial charge is 0.313 e. The number of thiophene rings is 1. The Labute approximate surface area is 113 Å². The van der Waals surface area contributed by atoms with E-state index >= 15 is 0 Å². The van der Waals surface area contributed by atoms with Crippen LogP contribution in [0.5, 0.6) is 0 Å². The number of hydrogen-bond acceptors (Lipinski definition) is 3. The number of aryl methyl sites for hydroxylation is 2. The Hall–Kier alpha value is -1.19. The van der Waals surface area contributed by atoms with E-state index in [4.69, 9.17) is 0 Å². The van der Waals surface area contributed by atoms with Crippen LogP contribution in [0, 0.1) is 6.92 Å². The molecule has 1 unspecified atom stereocenters. The molecule has 2 nitrogen and oxygen atoms in total. The second-order valence-corrected chi connectivity index (χ2v) is 5.70. The van der Waals surface area contributed by atoms with Crippen LogP contribution in [-0.4, -0.2) is 12.0 Å². The van der Waals surface area contributed by atoms with Crippen LogP contribution in [0.4, 0.5) is 0 Å². The molecule has 0 amide bonds. The number of aromatic nitrogens is 1. The lowest BCUT2D eigenvalue weighted by Gasteiger charge is -2.17. The van der Waals surface area contributed by atoms with Crippen LogP contribution in [0.25, 0.3) is 0 Å². The second kappa shape index (κ2) is 6.12. The molecular weight excluding hydrogens is 240 g/mol. The molecule has 2 aromatic heterocycles. The first-order chi connectivity index (χ1) is 8.74. The number of nitrogens with zero attached hydrogens (tertiary/aromatic N) is 1. The summed E-state index contributed by atoms with van der Waals surface area (Å²) < 4.78 is 0. The lowest BCUT2D eigenvalue weighted by molar-refractivity contribution is 0.590. The van der Waals surface area contributed by atoms with E-state index in [0.717, 1.165) is 18.5 Å². The van der Waals surface area contributed by atoms with Gasteiger partial charge in [0.15, 0.2) is 0 Å². The molecule has 3 heteroatoms. The Balaban J connectivity index is 2.17. The summed E-state index contributed by atoms with van der Waals surface area (Å²) in [6, 6.07) is 9.01. The molecule has 0 radical (unpaired) electrons. The predicted molar refractivity (Wildman–Crippen MR) is 78.2 cm³/mol. The first-order valence-electron chi connectivity index (χ1n) is 6.41. The number of nitrogens with one attached hydrogen (secondary N) is 1. The fourth-order valence-electron chi connectivity index (χ4n) is 2.16. The third-order valence-corrected chi connectivity index (χ3v) is 4.49. The molecule has 2 rings (SSSR count). The van der Waals surface area contributed by atoms with Gasteiger partial charge in [0.2, 0.25) is 0 Å². The molecule has 0 aliphatic rings. The van der Waals surface area contributed by atoms with E-state index in [9.17, 15) is 0 Å². The van der Waals surface area contributed by atoms with E-state index in [1.54, 1.807) is 0 Å². The molecule has 1 N–H and O–H groups in total. The van der Waals surface area contributed by atoms with Crippen molar-refractivity contribution in [3.8, 4) is 0 Å². The summed E-state index contributed by atoms with van der Waals surface area (Å²) >= 11 is 1.92. The molecule has 0 bridgehead atoms. The van der Waals surface area contributed by atoms with Crippen molar-refractivity contribution in [1.29, 1.82) is 0 Å². The van der Waals surface area contributed by atoms with Gasteiger partial charge in [-0.25, -0.2) is 0 Å². The number of rotatable bonds is 5. The predicted octanol–water partition coefficient (Wildman–Crippen LogP) is 3.52. The van der Waals surface area contributed by atoms with E-state index in [1.165, 1.54) is 15.3 Å². The molecule has 1 atom stereocenters. The normalized spacial score (nSPS) is 12.6. The molecule has 0 aromatic carbocycles. The maximum absolute atomic E-state index is 4.37. The van der Waals surface area contributed by atoms with Gasteiger partial charge < -0.3 is 5.32 Å². The van der Waals surface area contributed by atoms with E-state index in [1.807, 2.05) is 30.6 Å². The zero-order chi connectivity index (χ0) is 13.0. The highest BCUT2D eigenvalue weighted by Crippen LogP contribution is 2.25. The molecular formula is C15H20N2S. The standard InChI is InChI=1S/C15H20N2S/c1-4-12-7-8-13(18-12)10-15(16-3)14-6-5-9-17-11(14)2/h5-9,15-16H,4,10H2,1-3H3. The van der Waals surface area contributed by atoms with Crippen molar-refractivity contribution in [2.45, 2.75) is 32.7 Å². The molecule has 0 aliphatic carbocycles. The van der Waals surface area contributed by atoms with Crippen molar-refractivity contribution < 1.29 is 0 Å². The van der Waals surface area contributed by atoms with Crippen LogP contribution in [-0.2, 0) is 12.8 Å². The van der Waals surface area contributed by atoms with E-state index in [2.05, 4.69) is 42.3 Å². The summed E-state index contributed by atoms with van der Waals surface area (Å²) in [7, 11) is 2.02. The molecule has 96 valence electrons. The number of likely N-dealkylation sites (N-methyl/N-ethyl adjacent to an activating group) is 1. The first-order valence-corrected chi connectivity index (χ1v) is 7.22. The third-order valence-electron chi connectivity index (χ3n) is 3.24. The smallest absolute Gasteiger partial charge is 0.0420 e. The summed E-state index contributed by atoms with van der Waals surface area (Å²) in [5, 5.41) is 3.40. The Morgan fingerprint density at radius 3 is 2.67 bits per heavy atom. The van der Waals surface area contributed by atoms with Gasteiger partial charge in [-0.1, -0.05) is 13.0 Å². The van der Waals surface area contributed by atoms with Gasteiger partial charge in [0.1, 0.15) is 0 Å².